The monoisotopic (exact) mass is 260 g/mol. The van der Waals surface area contributed by atoms with Gasteiger partial charge in [0, 0.05) is 37.7 Å². The lowest BCUT2D eigenvalue weighted by Crippen LogP contribution is -2.50. The summed E-state index contributed by atoms with van der Waals surface area (Å²) >= 11 is 0. The van der Waals surface area contributed by atoms with E-state index in [1.165, 1.54) is 5.56 Å². The summed E-state index contributed by atoms with van der Waals surface area (Å²) in [5.41, 5.74) is 2.10. The van der Waals surface area contributed by atoms with E-state index in [1.54, 1.807) is 0 Å². The van der Waals surface area contributed by atoms with E-state index in [-0.39, 0.29) is 5.78 Å². The molecule has 0 bridgehead atoms. The maximum Gasteiger partial charge on any atom is 0.164 e. The minimum Gasteiger partial charge on any atom is -0.304 e. The van der Waals surface area contributed by atoms with Crippen LogP contribution >= 0.6 is 0 Å². The van der Waals surface area contributed by atoms with E-state index < -0.39 is 0 Å². The van der Waals surface area contributed by atoms with E-state index in [0.29, 0.717) is 12.5 Å². The molecule has 104 valence electrons. The zero-order valence-corrected chi connectivity index (χ0v) is 12.2. The van der Waals surface area contributed by atoms with Crippen LogP contribution in [0.2, 0.25) is 0 Å². The van der Waals surface area contributed by atoms with Crippen LogP contribution in [-0.2, 0) is 6.42 Å². The molecular weight excluding hydrogens is 236 g/mol. The summed E-state index contributed by atoms with van der Waals surface area (Å²) in [5.74, 6) is 0.266. The molecule has 1 saturated heterocycles. The van der Waals surface area contributed by atoms with Gasteiger partial charge in [0.1, 0.15) is 0 Å². The minimum absolute atomic E-state index is 0.266. The zero-order valence-electron chi connectivity index (χ0n) is 12.2. The van der Waals surface area contributed by atoms with Crippen molar-refractivity contribution in [2.45, 2.75) is 25.8 Å². The summed E-state index contributed by atoms with van der Waals surface area (Å²) in [6.45, 7) is 5.24. The van der Waals surface area contributed by atoms with Crippen LogP contribution in [-0.4, -0.2) is 55.4 Å². The molecule has 1 heterocycles. The van der Waals surface area contributed by atoms with Gasteiger partial charge in [0.15, 0.2) is 5.78 Å². The first kappa shape index (κ1) is 14.2. The summed E-state index contributed by atoms with van der Waals surface area (Å²) in [6, 6.07) is 8.39. The number of rotatable bonds is 4. The van der Waals surface area contributed by atoms with Gasteiger partial charge in [0.2, 0.25) is 0 Å². The van der Waals surface area contributed by atoms with Crippen molar-refractivity contribution in [3.8, 4) is 0 Å². The van der Waals surface area contributed by atoms with E-state index in [4.69, 9.17) is 0 Å². The summed E-state index contributed by atoms with van der Waals surface area (Å²) in [6.07, 6.45) is 1.60. The molecule has 0 aliphatic carbocycles. The Morgan fingerprint density at radius 1 is 1.32 bits per heavy atom. The van der Waals surface area contributed by atoms with Gasteiger partial charge < -0.3 is 9.80 Å². The van der Waals surface area contributed by atoms with Gasteiger partial charge in [-0.3, -0.25) is 4.79 Å². The third kappa shape index (κ3) is 3.64. The van der Waals surface area contributed by atoms with E-state index in [0.717, 1.165) is 31.6 Å². The quantitative estimate of drug-likeness (QED) is 0.774. The summed E-state index contributed by atoms with van der Waals surface area (Å²) in [5, 5.41) is 0. The number of nitrogens with zero attached hydrogens (tertiary/aromatic N) is 2. The molecule has 3 heteroatoms. The van der Waals surface area contributed by atoms with Crippen LogP contribution in [0.5, 0.6) is 0 Å². The standard InChI is InChI=1S/C16H24N2O/c1-4-13-6-5-7-14(10-13)16(19)11-15-12-17(2)8-9-18(15)3/h5-7,10,15H,4,8-9,11-12H2,1-3H3. The number of ketones is 1. The van der Waals surface area contributed by atoms with Crippen molar-refractivity contribution >= 4 is 5.78 Å². The molecule has 1 aliphatic rings. The normalized spacial score (nSPS) is 21.5. The fourth-order valence-electron chi connectivity index (χ4n) is 2.62. The Hall–Kier alpha value is -1.19. The second-order valence-electron chi connectivity index (χ2n) is 5.58. The van der Waals surface area contributed by atoms with Crippen LogP contribution in [0, 0.1) is 0 Å². The topological polar surface area (TPSA) is 23.6 Å². The Kier molecular flexibility index (Phi) is 4.72. The van der Waals surface area contributed by atoms with Crippen LogP contribution in [0.4, 0.5) is 0 Å². The number of hydrogen-bond donors (Lipinski definition) is 0. The summed E-state index contributed by atoms with van der Waals surface area (Å²) < 4.78 is 0. The number of Topliss-reactive ketones (excluding diaryl/α,β-unsaturated/α-hetero) is 1. The van der Waals surface area contributed by atoms with Gasteiger partial charge in [-0.15, -0.1) is 0 Å². The highest BCUT2D eigenvalue weighted by molar-refractivity contribution is 5.96. The zero-order chi connectivity index (χ0) is 13.8. The van der Waals surface area contributed by atoms with Crippen LogP contribution in [0.1, 0.15) is 29.3 Å². The predicted octanol–water partition coefficient (Wildman–Crippen LogP) is 2.07. The van der Waals surface area contributed by atoms with E-state index in [2.05, 4.69) is 36.9 Å². The molecule has 0 aromatic heterocycles. The molecule has 1 aromatic rings. The number of hydrogen-bond acceptors (Lipinski definition) is 3. The molecule has 3 nitrogen and oxygen atoms in total. The largest absolute Gasteiger partial charge is 0.304 e. The molecule has 0 spiro atoms. The van der Waals surface area contributed by atoms with Crippen LogP contribution < -0.4 is 0 Å². The fraction of sp³-hybridized carbons (Fsp3) is 0.562. The molecule has 1 aromatic carbocycles. The number of carbonyl (C=O) groups excluding carboxylic acids is 1. The summed E-state index contributed by atoms with van der Waals surface area (Å²) in [4.78, 5) is 17.0. The van der Waals surface area contributed by atoms with Crippen LogP contribution in [0.25, 0.3) is 0 Å². The van der Waals surface area contributed by atoms with Gasteiger partial charge in [-0.25, -0.2) is 0 Å². The first-order valence-corrected chi connectivity index (χ1v) is 7.11. The van der Waals surface area contributed by atoms with Crippen molar-refractivity contribution in [1.29, 1.82) is 0 Å². The van der Waals surface area contributed by atoms with Crippen molar-refractivity contribution in [1.82, 2.24) is 9.80 Å². The smallest absolute Gasteiger partial charge is 0.164 e. The molecule has 0 radical (unpaired) electrons. The predicted molar refractivity (Wildman–Crippen MR) is 78.7 cm³/mol. The molecule has 1 atom stereocenters. The molecule has 1 fully saturated rings. The Morgan fingerprint density at radius 2 is 2.11 bits per heavy atom. The van der Waals surface area contributed by atoms with Gasteiger partial charge in [-0.05, 0) is 32.1 Å². The first-order chi connectivity index (χ1) is 9.10. The number of piperazine rings is 1. The average Bonchev–Trinajstić information content (AvgIpc) is 2.43. The minimum atomic E-state index is 0.266. The van der Waals surface area contributed by atoms with E-state index in [1.807, 2.05) is 18.2 Å². The van der Waals surface area contributed by atoms with E-state index >= 15 is 0 Å². The van der Waals surface area contributed by atoms with Gasteiger partial charge in [0.05, 0.1) is 0 Å². The lowest BCUT2D eigenvalue weighted by molar-refractivity contribution is 0.0810. The molecule has 0 amide bonds. The number of benzene rings is 1. The van der Waals surface area contributed by atoms with Gasteiger partial charge in [-0.1, -0.05) is 25.1 Å². The highest BCUT2D eigenvalue weighted by atomic mass is 16.1. The second kappa shape index (κ2) is 6.31. The molecule has 0 N–H and O–H groups in total. The Labute approximate surface area is 116 Å². The van der Waals surface area contributed by atoms with E-state index in [9.17, 15) is 4.79 Å². The number of aryl methyl sites for hydroxylation is 1. The lowest BCUT2D eigenvalue weighted by atomic mass is 9.99. The SMILES string of the molecule is CCc1cccc(C(=O)CC2CN(C)CCN2C)c1. The van der Waals surface area contributed by atoms with Crippen molar-refractivity contribution in [2.75, 3.05) is 33.7 Å². The number of carbonyl (C=O) groups is 1. The van der Waals surface area contributed by atoms with Crippen molar-refractivity contribution in [3.63, 3.8) is 0 Å². The molecule has 0 saturated carbocycles. The highest BCUT2D eigenvalue weighted by Gasteiger charge is 2.24. The second-order valence-corrected chi connectivity index (χ2v) is 5.58. The molecule has 1 unspecified atom stereocenters. The van der Waals surface area contributed by atoms with Gasteiger partial charge >= 0.3 is 0 Å². The molecule has 2 rings (SSSR count). The highest BCUT2D eigenvalue weighted by Crippen LogP contribution is 2.15. The molecule has 19 heavy (non-hydrogen) atoms. The fourth-order valence-corrected chi connectivity index (χ4v) is 2.62. The molecule has 1 aliphatic heterocycles. The first-order valence-electron chi connectivity index (χ1n) is 7.11. The van der Waals surface area contributed by atoms with Crippen molar-refractivity contribution < 1.29 is 4.79 Å². The van der Waals surface area contributed by atoms with Crippen molar-refractivity contribution in [2.24, 2.45) is 0 Å². The maximum absolute atomic E-state index is 12.4. The summed E-state index contributed by atoms with van der Waals surface area (Å²) in [7, 11) is 4.25. The van der Waals surface area contributed by atoms with Crippen LogP contribution in [0.3, 0.4) is 0 Å². The van der Waals surface area contributed by atoms with Gasteiger partial charge in [-0.2, -0.15) is 0 Å². The Morgan fingerprint density at radius 3 is 2.84 bits per heavy atom. The van der Waals surface area contributed by atoms with Crippen LogP contribution in [0.15, 0.2) is 24.3 Å². The average molecular weight is 260 g/mol. The van der Waals surface area contributed by atoms with Gasteiger partial charge in [0.25, 0.3) is 0 Å². The third-order valence-corrected chi connectivity index (χ3v) is 4.06. The van der Waals surface area contributed by atoms with Crippen molar-refractivity contribution in [3.05, 3.63) is 35.4 Å². The number of likely N-dealkylation sites (N-methyl/N-ethyl adjacent to an activating group) is 2. The Balaban J connectivity index is 2.03. The Bertz CT molecular complexity index is 444. The third-order valence-electron chi connectivity index (χ3n) is 4.06. The molecular formula is C16H24N2O. The maximum atomic E-state index is 12.4. The lowest BCUT2D eigenvalue weighted by Gasteiger charge is -2.37.